The summed E-state index contributed by atoms with van der Waals surface area (Å²) in [4.78, 5) is 11.9. The molecule has 4 atom stereocenters. The fourth-order valence-electron chi connectivity index (χ4n) is 4.32. The van der Waals surface area contributed by atoms with Crippen LogP contribution >= 0.6 is 0 Å². The van der Waals surface area contributed by atoms with E-state index < -0.39 is 0 Å². The Morgan fingerprint density at radius 1 is 1.45 bits per heavy atom. The standard InChI is InChI=1S/C19H26O3/c1-11(2)18(20)22-16-7-6-14-8-17-15(12(3)10-21-17)9-19(14,5)13(16)4/h10,13-14,16H,1,6-9H2,2-5H3. The van der Waals surface area contributed by atoms with Crippen LogP contribution in [0.15, 0.2) is 22.8 Å². The lowest BCUT2D eigenvalue weighted by molar-refractivity contribution is -0.156. The third kappa shape index (κ3) is 2.31. The van der Waals surface area contributed by atoms with E-state index >= 15 is 0 Å². The van der Waals surface area contributed by atoms with E-state index in [4.69, 9.17) is 9.15 Å². The minimum Gasteiger partial charge on any atom is -0.469 e. The molecule has 120 valence electrons. The minimum absolute atomic E-state index is 0.000734. The monoisotopic (exact) mass is 302 g/mol. The Hall–Kier alpha value is -1.51. The van der Waals surface area contributed by atoms with E-state index in [9.17, 15) is 4.79 Å². The van der Waals surface area contributed by atoms with Crippen LogP contribution in [-0.2, 0) is 22.4 Å². The highest BCUT2D eigenvalue weighted by Crippen LogP contribution is 2.53. The largest absolute Gasteiger partial charge is 0.469 e. The van der Waals surface area contributed by atoms with Crippen molar-refractivity contribution in [3.63, 3.8) is 0 Å². The lowest BCUT2D eigenvalue weighted by atomic mass is 9.55. The van der Waals surface area contributed by atoms with Crippen molar-refractivity contribution in [2.45, 2.75) is 59.5 Å². The van der Waals surface area contributed by atoms with Gasteiger partial charge in [-0.2, -0.15) is 0 Å². The number of hydrogen-bond acceptors (Lipinski definition) is 3. The molecule has 2 aliphatic rings. The molecule has 0 saturated heterocycles. The maximum atomic E-state index is 11.9. The minimum atomic E-state index is -0.255. The Labute approximate surface area is 132 Å². The van der Waals surface area contributed by atoms with Crippen LogP contribution in [0.2, 0.25) is 0 Å². The molecule has 0 spiro atoms. The summed E-state index contributed by atoms with van der Waals surface area (Å²) in [6, 6.07) is 0. The third-order valence-corrected chi connectivity index (χ3v) is 6.12. The van der Waals surface area contributed by atoms with Crippen LogP contribution < -0.4 is 0 Å². The lowest BCUT2D eigenvalue weighted by Gasteiger charge is -2.51. The van der Waals surface area contributed by atoms with Crippen LogP contribution in [0.4, 0.5) is 0 Å². The van der Waals surface area contributed by atoms with E-state index in [-0.39, 0.29) is 17.5 Å². The van der Waals surface area contributed by atoms with Crippen LogP contribution in [0.1, 0.15) is 50.5 Å². The fraction of sp³-hybridized carbons (Fsp3) is 0.632. The average Bonchev–Trinajstić information content (AvgIpc) is 2.81. The van der Waals surface area contributed by atoms with Crippen molar-refractivity contribution >= 4 is 5.97 Å². The van der Waals surface area contributed by atoms with E-state index in [2.05, 4.69) is 27.4 Å². The second-order valence-electron chi connectivity index (χ2n) is 7.49. The molecule has 1 fully saturated rings. The average molecular weight is 302 g/mol. The maximum absolute atomic E-state index is 11.9. The van der Waals surface area contributed by atoms with Gasteiger partial charge in [0.1, 0.15) is 11.9 Å². The predicted octanol–water partition coefficient (Wildman–Crippen LogP) is 4.23. The fourth-order valence-corrected chi connectivity index (χ4v) is 4.32. The van der Waals surface area contributed by atoms with Crippen molar-refractivity contribution < 1.29 is 13.9 Å². The zero-order chi connectivity index (χ0) is 16.1. The number of rotatable bonds is 2. The molecule has 1 saturated carbocycles. The molecule has 4 unspecified atom stereocenters. The number of fused-ring (bicyclic) bond motifs is 2. The van der Waals surface area contributed by atoms with Crippen molar-refractivity contribution in [1.29, 1.82) is 0 Å². The van der Waals surface area contributed by atoms with Crippen LogP contribution in [0.3, 0.4) is 0 Å². The predicted molar refractivity (Wildman–Crippen MR) is 85.5 cm³/mol. The van der Waals surface area contributed by atoms with Gasteiger partial charge in [0, 0.05) is 12.0 Å². The Bertz CT molecular complexity index is 612. The van der Waals surface area contributed by atoms with Crippen molar-refractivity contribution in [3.8, 4) is 0 Å². The van der Waals surface area contributed by atoms with Crippen molar-refractivity contribution in [2.24, 2.45) is 17.3 Å². The van der Waals surface area contributed by atoms with Gasteiger partial charge in [0.25, 0.3) is 0 Å². The Kier molecular flexibility index (Phi) is 3.70. The van der Waals surface area contributed by atoms with E-state index in [0.29, 0.717) is 17.4 Å². The van der Waals surface area contributed by atoms with Crippen molar-refractivity contribution in [3.05, 3.63) is 35.3 Å². The SMILES string of the molecule is C=C(C)C(=O)OC1CCC2Cc3occ(C)c3CC2(C)C1C. The van der Waals surface area contributed by atoms with E-state index in [1.807, 2.05) is 6.26 Å². The summed E-state index contributed by atoms with van der Waals surface area (Å²) >= 11 is 0. The topological polar surface area (TPSA) is 39.4 Å². The number of hydrogen-bond donors (Lipinski definition) is 0. The number of carbonyl (C=O) groups is 1. The van der Waals surface area contributed by atoms with Gasteiger partial charge in [0.05, 0.1) is 6.26 Å². The number of esters is 1. The summed E-state index contributed by atoms with van der Waals surface area (Å²) in [6.45, 7) is 12.1. The molecule has 1 aromatic rings. The van der Waals surface area contributed by atoms with Gasteiger partial charge in [-0.25, -0.2) is 4.79 Å². The van der Waals surface area contributed by atoms with Crippen LogP contribution in [-0.4, -0.2) is 12.1 Å². The number of aryl methyl sites for hydroxylation is 1. The molecule has 3 nitrogen and oxygen atoms in total. The summed E-state index contributed by atoms with van der Waals surface area (Å²) < 4.78 is 11.5. The summed E-state index contributed by atoms with van der Waals surface area (Å²) in [5.74, 6) is 1.87. The lowest BCUT2D eigenvalue weighted by Crippen LogP contribution is -2.50. The van der Waals surface area contributed by atoms with E-state index in [1.165, 1.54) is 16.9 Å². The van der Waals surface area contributed by atoms with Gasteiger partial charge < -0.3 is 9.15 Å². The molecule has 0 bridgehead atoms. The Morgan fingerprint density at radius 3 is 2.86 bits per heavy atom. The van der Waals surface area contributed by atoms with E-state index in [1.54, 1.807) is 6.92 Å². The molecule has 3 heteroatoms. The smallest absolute Gasteiger partial charge is 0.333 e. The second kappa shape index (κ2) is 5.29. The first-order chi connectivity index (χ1) is 10.3. The molecule has 0 N–H and O–H groups in total. The van der Waals surface area contributed by atoms with Gasteiger partial charge in [0.2, 0.25) is 0 Å². The summed E-state index contributed by atoms with van der Waals surface area (Å²) in [5.41, 5.74) is 3.27. The van der Waals surface area contributed by atoms with Gasteiger partial charge in [-0.3, -0.25) is 0 Å². The van der Waals surface area contributed by atoms with Crippen LogP contribution in [0.5, 0.6) is 0 Å². The molecular formula is C19H26O3. The highest BCUT2D eigenvalue weighted by Gasteiger charge is 2.50. The summed E-state index contributed by atoms with van der Waals surface area (Å²) in [6.07, 6.45) is 5.96. The zero-order valence-corrected chi connectivity index (χ0v) is 14.1. The first-order valence-electron chi connectivity index (χ1n) is 8.25. The van der Waals surface area contributed by atoms with Gasteiger partial charge in [0.15, 0.2) is 0 Å². The molecule has 3 rings (SSSR count). The van der Waals surface area contributed by atoms with Crippen molar-refractivity contribution in [1.82, 2.24) is 0 Å². The molecule has 1 aromatic heterocycles. The van der Waals surface area contributed by atoms with Gasteiger partial charge in [-0.1, -0.05) is 20.4 Å². The molecule has 0 aromatic carbocycles. The maximum Gasteiger partial charge on any atom is 0.333 e. The molecule has 0 aliphatic heterocycles. The zero-order valence-electron chi connectivity index (χ0n) is 14.1. The van der Waals surface area contributed by atoms with E-state index in [0.717, 1.165) is 25.7 Å². The summed E-state index contributed by atoms with van der Waals surface area (Å²) in [7, 11) is 0. The number of furan rings is 1. The van der Waals surface area contributed by atoms with Gasteiger partial charge >= 0.3 is 5.97 Å². The van der Waals surface area contributed by atoms with Crippen molar-refractivity contribution in [2.75, 3.05) is 0 Å². The van der Waals surface area contributed by atoms with Crippen LogP contribution in [0, 0.1) is 24.2 Å². The van der Waals surface area contributed by atoms with Gasteiger partial charge in [-0.05, 0) is 61.5 Å². The Balaban J connectivity index is 1.84. The molecule has 22 heavy (non-hydrogen) atoms. The quantitative estimate of drug-likeness (QED) is 0.606. The van der Waals surface area contributed by atoms with Crippen LogP contribution in [0.25, 0.3) is 0 Å². The third-order valence-electron chi connectivity index (χ3n) is 6.12. The Morgan fingerprint density at radius 2 is 2.18 bits per heavy atom. The van der Waals surface area contributed by atoms with Gasteiger partial charge in [-0.15, -0.1) is 0 Å². The summed E-state index contributed by atoms with van der Waals surface area (Å²) in [5, 5.41) is 0. The molecule has 0 amide bonds. The highest BCUT2D eigenvalue weighted by molar-refractivity contribution is 5.87. The first kappa shape index (κ1) is 15.4. The molecular weight excluding hydrogens is 276 g/mol. The highest BCUT2D eigenvalue weighted by atomic mass is 16.5. The number of carbonyl (C=O) groups excluding carboxylic acids is 1. The second-order valence-corrected chi connectivity index (χ2v) is 7.49. The normalized spacial score (nSPS) is 33.7. The molecule has 1 heterocycles. The first-order valence-corrected chi connectivity index (χ1v) is 8.25. The molecule has 0 radical (unpaired) electrons. The number of ether oxygens (including phenoxy) is 1. The molecule has 2 aliphatic carbocycles.